The molecular formula is C14H13F3N2O2. The fourth-order valence-electron chi connectivity index (χ4n) is 2.06. The van der Waals surface area contributed by atoms with E-state index in [0.29, 0.717) is 18.4 Å². The van der Waals surface area contributed by atoms with Crippen LogP contribution in [0.3, 0.4) is 0 Å². The molecule has 1 atom stereocenters. The summed E-state index contributed by atoms with van der Waals surface area (Å²) in [5, 5.41) is 18.0. The second-order valence-corrected chi connectivity index (χ2v) is 4.64. The first-order valence-corrected chi connectivity index (χ1v) is 6.38. The van der Waals surface area contributed by atoms with E-state index in [1.807, 2.05) is 6.07 Å². The Kier molecular flexibility index (Phi) is 4.48. The quantitative estimate of drug-likeness (QED) is 0.933. The van der Waals surface area contributed by atoms with Crippen molar-refractivity contribution in [2.24, 2.45) is 4.99 Å². The highest BCUT2D eigenvalue weighted by atomic mass is 19.4. The van der Waals surface area contributed by atoms with Crippen LogP contribution in [0.2, 0.25) is 0 Å². The van der Waals surface area contributed by atoms with Gasteiger partial charge in [-0.2, -0.15) is 18.4 Å². The number of aliphatic imine (C=N–C) groups is 1. The van der Waals surface area contributed by atoms with Gasteiger partial charge in [-0.1, -0.05) is 6.07 Å². The summed E-state index contributed by atoms with van der Waals surface area (Å²) in [6.45, 7) is -0.227. The van der Waals surface area contributed by atoms with Crippen LogP contribution in [0.25, 0.3) is 0 Å². The Labute approximate surface area is 119 Å². The number of rotatable bonds is 3. The van der Waals surface area contributed by atoms with Gasteiger partial charge in [0.05, 0.1) is 12.2 Å². The van der Waals surface area contributed by atoms with Crippen LogP contribution in [0.15, 0.2) is 23.2 Å². The predicted molar refractivity (Wildman–Crippen MR) is 68.8 cm³/mol. The predicted octanol–water partition coefficient (Wildman–Crippen LogP) is 2.94. The van der Waals surface area contributed by atoms with Gasteiger partial charge in [0.25, 0.3) is 0 Å². The van der Waals surface area contributed by atoms with Crippen LogP contribution in [0.4, 0.5) is 13.2 Å². The molecule has 1 aromatic carbocycles. The molecule has 0 fully saturated rings. The zero-order valence-corrected chi connectivity index (χ0v) is 11.0. The van der Waals surface area contributed by atoms with Crippen LogP contribution >= 0.6 is 0 Å². The first-order chi connectivity index (χ1) is 9.94. The molecule has 1 aromatic rings. The topological polar surface area (TPSA) is 65.6 Å². The van der Waals surface area contributed by atoms with E-state index >= 15 is 0 Å². The fraction of sp³-hybridized carbons (Fsp3) is 0.429. The highest BCUT2D eigenvalue weighted by Gasteiger charge is 2.37. The summed E-state index contributed by atoms with van der Waals surface area (Å²) in [5.74, 6) is 0.173. The zero-order valence-electron chi connectivity index (χ0n) is 11.0. The van der Waals surface area contributed by atoms with Gasteiger partial charge in [0, 0.05) is 6.42 Å². The van der Waals surface area contributed by atoms with E-state index in [9.17, 15) is 13.2 Å². The van der Waals surface area contributed by atoms with Crippen LogP contribution in [0.5, 0.6) is 5.75 Å². The van der Waals surface area contributed by atoms with Gasteiger partial charge >= 0.3 is 6.18 Å². The Morgan fingerprint density at radius 2 is 2.19 bits per heavy atom. The van der Waals surface area contributed by atoms with Gasteiger partial charge < -0.3 is 9.84 Å². The molecule has 112 valence electrons. The molecule has 0 saturated heterocycles. The summed E-state index contributed by atoms with van der Waals surface area (Å²) < 4.78 is 43.3. The van der Waals surface area contributed by atoms with Crippen molar-refractivity contribution in [3.63, 3.8) is 0 Å². The molecule has 2 rings (SSSR count). The summed E-state index contributed by atoms with van der Waals surface area (Å²) in [4.78, 5) is 3.58. The van der Waals surface area contributed by atoms with Crippen LogP contribution in [0, 0.1) is 11.3 Å². The molecule has 21 heavy (non-hydrogen) atoms. The van der Waals surface area contributed by atoms with Crippen molar-refractivity contribution < 1.29 is 23.0 Å². The molecule has 0 spiro atoms. The summed E-state index contributed by atoms with van der Waals surface area (Å²) in [6, 6.07) is 6.34. The normalized spacial score (nSPS) is 18.8. The third-order valence-corrected chi connectivity index (χ3v) is 3.10. The van der Waals surface area contributed by atoms with Gasteiger partial charge in [-0.05, 0) is 30.5 Å². The smallest absolute Gasteiger partial charge is 0.429 e. The second-order valence-electron chi connectivity index (χ2n) is 4.64. The van der Waals surface area contributed by atoms with Crippen molar-refractivity contribution in [3.05, 3.63) is 29.3 Å². The average Bonchev–Trinajstić information content (AvgIpc) is 2.47. The maximum absolute atomic E-state index is 12.6. The molecular weight excluding hydrogens is 285 g/mol. The molecule has 4 nitrogen and oxygen atoms in total. The molecule has 1 unspecified atom stereocenters. The van der Waals surface area contributed by atoms with Crippen molar-refractivity contribution in [3.8, 4) is 11.8 Å². The number of hydrogen-bond donors (Lipinski definition) is 1. The Morgan fingerprint density at radius 1 is 1.43 bits per heavy atom. The van der Waals surface area contributed by atoms with Gasteiger partial charge in [-0.25, -0.2) is 4.99 Å². The average molecular weight is 298 g/mol. The fourth-order valence-corrected chi connectivity index (χ4v) is 2.06. The van der Waals surface area contributed by atoms with Crippen LogP contribution in [-0.2, 0) is 6.61 Å². The van der Waals surface area contributed by atoms with Gasteiger partial charge in [-0.15, -0.1) is 0 Å². The lowest BCUT2D eigenvalue weighted by atomic mass is 10.1. The van der Waals surface area contributed by atoms with Gasteiger partial charge in [0.2, 0.25) is 0 Å². The molecule has 1 aliphatic rings. The summed E-state index contributed by atoms with van der Waals surface area (Å²) >= 11 is 0. The van der Waals surface area contributed by atoms with Gasteiger partial charge in [0.1, 0.15) is 17.5 Å². The van der Waals surface area contributed by atoms with E-state index in [1.165, 1.54) is 12.1 Å². The van der Waals surface area contributed by atoms with E-state index in [2.05, 4.69) is 4.99 Å². The van der Waals surface area contributed by atoms with Gasteiger partial charge in [0.15, 0.2) is 6.23 Å². The highest BCUT2D eigenvalue weighted by Crippen LogP contribution is 2.28. The molecule has 0 radical (unpaired) electrons. The summed E-state index contributed by atoms with van der Waals surface area (Å²) in [5.41, 5.74) is -0.137. The van der Waals surface area contributed by atoms with E-state index in [4.69, 9.17) is 15.1 Å². The van der Waals surface area contributed by atoms with Crippen LogP contribution < -0.4 is 4.74 Å². The molecule has 1 N–H and O–H groups in total. The summed E-state index contributed by atoms with van der Waals surface area (Å²) in [7, 11) is 0. The van der Waals surface area contributed by atoms with Crippen molar-refractivity contribution in [1.29, 1.82) is 5.26 Å². The van der Waals surface area contributed by atoms with Gasteiger partial charge in [-0.3, -0.25) is 0 Å². The first kappa shape index (κ1) is 15.3. The maximum Gasteiger partial charge on any atom is 0.429 e. The van der Waals surface area contributed by atoms with E-state index in [1.54, 1.807) is 6.07 Å². The molecule has 7 heteroatoms. The number of hydrogen-bond acceptors (Lipinski definition) is 4. The third kappa shape index (κ3) is 3.73. The number of aliphatic hydroxyl groups is 1. The lowest BCUT2D eigenvalue weighted by Crippen LogP contribution is -2.30. The largest absolute Gasteiger partial charge is 0.467 e. The minimum Gasteiger partial charge on any atom is -0.467 e. The SMILES string of the molecule is N#Cc1cc(CO)ccc1OC1CCCC(C(F)(F)F)=N1. The minimum atomic E-state index is -4.44. The van der Waals surface area contributed by atoms with Crippen molar-refractivity contribution >= 4 is 5.71 Å². The number of alkyl halides is 3. The van der Waals surface area contributed by atoms with Crippen molar-refractivity contribution in [2.75, 3.05) is 0 Å². The monoisotopic (exact) mass is 298 g/mol. The molecule has 1 aliphatic heterocycles. The molecule has 0 aromatic heterocycles. The molecule has 1 heterocycles. The Balaban J connectivity index is 2.20. The maximum atomic E-state index is 12.6. The second kappa shape index (κ2) is 6.14. The Morgan fingerprint density at radius 3 is 2.81 bits per heavy atom. The molecule has 0 amide bonds. The Hall–Kier alpha value is -2.07. The number of nitrogens with zero attached hydrogens (tertiary/aromatic N) is 2. The van der Waals surface area contributed by atoms with E-state index in [-0.39, 0.29) is 24.3 Å². The molecule has 0 bridgehead atoms. The standard InChI is InChI=1S/C14H13F3N2O2/c15-14(16,17)12-2-1-3-13(19-12)21-11-5-4-9(8-20)6-10(11)7-18/h4-6,13,20H,1-3,8H2. The highest BCUT2D eigenvalue weighted by molar-refractivity contribution is 5.90. The van der Waals surface area contributed by atoms with E-state index < -0.39 is 18.1 Å². The lowest BCUT2D eigenvalue weighted by Gasteiger charge is -2.23. The molecule has 0 aliphatic carbocycles. The molecule has 0 saturated carbocycles. The number of benzene rings is 1. The summed E-state index contributed by atoms with van der Waals surface area (Å²) in [6.07, 6.45) is -4.80. The zero-order chi connectivity index (χ0) is 15.5. The van der Waals surface area contributed by atoms with Crippen molar-refractivity contribution in [2.45, 2.75) is 38.3 Å². The van der Waals surface area contributed by atoms with E-state index in [0.717, 1.165) is 0 Å². The number of nitriles is 1. The van der Waals surface area contributed by atoms with Crippen LogP contribution in [-0.4, -0.2) is 23.2 Å². The first-order valence-electron chi connectivity index (χ1n) is 6.38. The van der Waals surface area contributed by atoms with Crippen LogP contribution in [0.1, 0.15) is 30.4 Å². The number of aliphatic hydroxyl groups excluding tert-OH is 1. The third-order valence-electron chi connectivity index (χ3n) is 3.10. The minimum absolute atomic E-state index is 0.113. The number of halogens is 3. The van der Waals surface area contributed by atoms with Crippen molar-refractivity contribution in [1.82, 2.24) is 0 Å². The number of ether oxygens (including phenoxy) is 1. The lowest BCUT2D eigenvalue weighted by molar-refractivity contribution is -0.0626. The Bertz CT molecular complexity index is 591.